The van der Waals surface area contributed by atoms with E-state index < -0.39 is 5.97 Å². The Morgan fingerprint density at radius 1 is 1.53 bits per heavy atom. The molecule has 0 aliphatic carbocycles. The molecule has 5 nitrogen and oxygen atoms in total. The van der Waals surface area contributed by atoms with Gasteiger partial charge in [-0.05, 0) is 19.3 Å². The van der Waals surface area contributed by atoms with E-state index in [1.54, 1.807) is 4.90 Å². The van der Waals surface area contributed by atoms with Crippen molar-refractivity contribution in [1.29, 1.82) is 0 Å². The van der Waals surface area contributed by atoms with Crippen LogP contribution in [0.2, 0.25) is 0 Å². The summed E-state index contributed by atoms with van der Waals surface area (Å²) in [7, 11) is 0. The van der Waals surface area contributed by atoms with Crippen LogP contribution in [0.5, 0.6) is 0 Å². The zero-order valence-corrected chi connectivity index (χ0v) is 10.4. The zero-order valence-electron chi connectivity index (χ0n) is 10.4. The topological polar surface area (TPSA) is 83.6 Å². The second-order valence-corrected chi connectivity index (χ2v) is 4.65. The van der Waals surface area contributed by atoms with E-state index in [-0.39, 0.29) is 24.3 Å². The predicted molar refractivity (Wildman–Crippen MR) is 64.4 cm³/mol. The maximum Gasteiger partial charge on any atom is 0.305 e. The number of carboxylic acid groups (broad SMARTS) is 1. The van der Waals surface area contributed by atoms with Crippen LogP contribution in [0.1, 0.15) is 39.0 Å². The molecule has 0 radical (unpaired) electrons. The molecule has 1 fully saturated rings. The first-order valence-corrected chi connectivity index (χ1v) is 6.32. The van der Waals surface area contributed by atoms with Crippen LogP contribution in [0.25, 0.3) is 0 Å². The van der Waals surface area contributed by atoms with Gasteiger partial charge in [-0.3, -0.25) is 9.59 Å². The minimum Gasteiger partial charge on any atom is -0.481 e. The van der Waals surface area contributed by atoms with E-state index in [2.05, 4.69) is 0 Å². The van der Waals surface area contributed by atoms with Crippen LogP contribution in [0.3, 0.4) is 0 Å². The molecule has 2 atom stereocenters. The van der Waals surface area contributed by atoms with Crippen molar-refractivity contribution in [2.45, 2.75) is 45.1 Å². The molecule has 1 rings (SSSR count). The van der Waals surface area contributed by atoms with Crippen molar-refractivity contribution in [3.05, 3.63) is 0 Å². The fraction of sp³-hybridized carbons (Fsp3) is 0.833. The maximum absolute atomic E-state index is 12.2. The van der Waals surface area contributed by atoms with Crippen LogP contribution in [0.4, 0.5) is 0 Å². The third kappa shape index (κ3) is 3.70. The molecule has 0 aromatic rings. The van der Waals surface area contributed by atoms with Crippen LogP contribution in [-0.4, -0.2) is 41.0 Å². The number of nitrogens with zero attached hydrogens (tertiary/aromatic N) is 1. The smallest absolute Gasteiger partial charge is 0.305 e. The highest BCUT2D eigenvalue weighted by molar-refractivity contribution is 5.80. The molecule has 0 saturated carbocycles. The van der Waals surface area contributed by atoms with Gasteiger partial charge in [0.1, 0.15) is 0 Å². The first kappa shape index (κ1) is 14.0. The van der Waals surface area contributed by atoms with E-state index in [4.69, 9.17) is 10.8 Å². The van der Waals surface area contributed by atoms with Gasteiger partial charge in [-0.15, -0.1) is 0 Å². The molecule has 3 N–H and O–H groups in total. The van der Waals surface area contributed by atoms with E-state index in [9.17, 15) is 9.59 Å². The van der Waals surface area contributed by atoms with Crippen LogP contribution >= 0.6 is 0 Å². The lowest BCUT2D eigenvalue weighted by atomic mass is 10.0. The number of nitrogens with two attached hydrogens (primary N) is 1. The number of carboxylic acids is 1. The molecule has 1 amide bonds. The summed E-state index contributed by atoms with van der Waals surface area (Å²) in [5.74, 6) is -0.943. The number of carbonyl (C=O) groups is 2. The normalized spacial score (nSPS) is 21.5. The minimum absolute atomic E-state index is 0.0399. The molecule has 2 unspecified atom stereocenters. The fourth-order valence-electron chi connectivity index (χ4n) is 2.46. The van der Waals surface area contributed by atoms with Crippen molar-refractivity contribution in [2.24, 2.45) is 11.7 Å². The number of rotatable bonds is 6. The molecule has 0 aromatic carbocycles. The van der Waals surface area contributed by atoms with Gasteiger partial charge < -0.3 is 15.7 Å². The molecule has 1 aliphatic rings. The SMILES string of the molecule is CCCC(CN)C(=O)N1CCCC1CC(=O)O. The predicted octanol–water partition coefficient (Wildman–Crippen LogP) is 0.827. The summed E-state index contributed by atoms with van der Waals surface area (Å²) in [4.78, 5) is 24.7. The van der Waals surface area contributed by atoms with Crippen molar-refractivity contribution < 1.29 is 14.7 Å². The van der Waals surface area contributed by atoms with Gasteiger partial charge in [0.2, 0.25) is 5.91 Å². The molecule has 1 aliphatic heterocycles. The number of hydrogen-bond donors (Lipinski definition) is 2. The lowest BCUT2D eigenvalue weighted by Crippen LogP contribution is -2.42. The summed E-state index contributed by atoms with van der Waals surface area (Å²) in [6, 6.07) is -0.133. The Hall–Kier alpha value is -1.10. The quantitative estimate of drug-likeness (QED) is 0.722. The monoisotopic (exact) mass is 242 g/mol. The van der Waals surface area contributed by atoms with E-state index in [0.29, 0.717) is 13.1 Å². The second kappa shape index (κ2) is 6.59. The Morgan fingerprint density at radius 3 is 2.76 bits per heavy atom. The lowest BCUT2D eigenvalue weighted by Gasteiger charge is -2.27. The second-order valence-electron chi connectivity index (χ2n) is 4.65. The van der Waals surface area contributed by atoms with Gasteiger partial charge in [0.15, 0.2) is 0 Å². The molecule has 0 spiro atoms. The molecule has 5 heteroatoms. The van der Waals surface area contributed by atoms with Crippen molar-refractivity contribution in [3.63, 3.8) is 0 Å². The first-order chi connectivity index (χ1) is 8.10. The average Bonchev–Trinajstić information content (AvgIpc) is 2.72. The number of likely N-dealkylation sites (tertiary alicyclic amines) is 1. The molecule has 0 aromatic heterocycles. The number of carbonyl (C=O) groups excluding carboxylic acids is 1. The molecule has 1 heterocycles. The standard InChI is InChI=1S/C12H22N2O3/c1-2-4-9(8-13)12(17)14-6-3-5-10(14)7-11(15)16/h9-10H,2-8,13H2,1H3,(H,15,16). The first-order valence-electron chi connectivity index (χ1n) is 6.32. The van der Waals surface area contributed by atoms with E-state index in [0.717, 1.165) is 25.7 Å². The van der Waals surface area contributed by atoms with Gasteiger partial charge >= 0.3 is 5.97 Å². The van der Waals surface area contributed by atoms with Crippen molar-refractivity contribution in [1.82, 2.24) is 4.90 Å². The highest BCUT2D eigenvalue weighted by atomic mass is 16.4. The summed E-state index contributed by atoms with van der Waals surface area (Å²) in [5, 5.41) is 8.81. The Bertz CT molecular complexity index is 281. The highest BCUT2D eigenvalue weighted by Gasteiger charge is 2.33. The molecular formula is C12H22N2O3. The summed E-state index contributed by atoms with van der Waals surface area (Å²) < 4.78 is 0. The Balaban J connectivity index is 2.62. The van der Waals surface area contributed by atoms with Gasteiger partial charge in [0, 0.05) is 19.1 Å². The molecule has 17 heavy (non-hydrogen) atoms. The average molecular weight is 242 g/mol. The number of amides is 1. The summed E-state index contributed by atoms with van der Waals surface area (Å²) >= 11 is 0. The Labute approximate surface area is 102 Å². The van der Waals surface area contributed by atoms with Gasteiger partial charge in [-0.25, -0.2) is 0 Å². The van der Waals surface area contributed by atoms with Gasteiger partial charge in [-0.1, -0.05) is 13.3 Å². The zero-order chi connectivity index (χ0) is 12.8. The lowest BCUT2D eigenvalue weighted by molar-refractivity contribution is -0.141. The Kier molecular flexibility index (Phi) is 5.41. The third-order valence-corrected chi connectivity index (χ3v) is 3.34. The van der Waals surface area contributed by atoms with E-state index in [1.165, 1.54) is 0 Å². The third-order valence-electron chi connectivity index (χ3n) is 3.34. The summed E-state index contributed by atoms with van der Waals surface area (Å²) in [6.45, 7) is 3.05. The molecular weight excluding hydrogens is 220 g/mol. The van der Waals surface area contributed by atoms with Crippen molar-refractivity contribution >= 4 is 11.9 Å². The molecule has 98 valence electrons. The van der Waals surface area contributed by atoms with Crippen LogP contribution in [0.15, 0.2) is 0 Å². The summed E-state index contributed by atoms with van der Waals surface area (Å²) in [5.41, 5.74) is 5.61. The van der Waals surface area contributed by atoms with Crippen molar-refractivity contribution in [2.75, 3.05) is 13.1 Å². The largest absolute Gasteiger partial charge is 0.481 e. The number of aliphatic carboxylic acids is 1. The summed E-state index contributed by atoms with van der Waals surface area (Å²) in [6.07, 6.45) is 3.44. The van der Waals surface area contributed by atoms with E-state index in [1.807, 2.05) is 6.92 Å². The van der Waals surface area contributed by atoms with Gasteiger partial charge in [0.25, 0.3) is 0 Å². The van der Waals surface area contributed by atoms with Crippen LogP contribution in [0, 0.1) is 5.92 Å². The van der Waals surface area contributed by atoms with Gasteiger partial charge in [0.05, 0.1) is 12.3 Å². The highest BCUT2D eigenvalue weighted by Crippen LogP contribution is 2.23. The van der Waals surface area contributed by atoms with Crippen LogP contribution < -0.4 is 5.73 Å². The Morgan fingerprint density at radius 2 is 2.24 bits per heavy atom. The fourth-order valence-corrected chi connectivity index (χ4v) is 2.46. The van der Waals surface area contributed by atoms with E-state index >= 15 is 0 Å². The molecule has 1 saturated heterocycles. The molecule has 0 bridgehead atoms. The number of hydrogen-bond acceptors (Lipinski definition) is 3. The maximum atomic E-state index is 12.2. The van der Waals surface area contributed by atoms with Crippen molar-refractivity contribution in [3.8, 4) is 0 Å². The van der Waals surface area contributed by atoms with Crippen LogP contribution in [-0.2, 0) is 9.59 Å². The minimum atomic E-state index is -0.838. The van der Waals surface area contributed by atoms with Gasteiger partial charge in [-0.2, -0.15) is 0 Å².